The van der Waals surface area contributed by atoms with Crippen molar-refractivity contribution >= 4 is 17.2 Å². The maximum atomic E-state index is 11.7. The van der Waals surface area contributed by atoms with Crippen molar-refractivity contribution in [1.82, 2.24) is 0 Å². The third-order valence-corrected chi connectivity index (χ3v) is 3.81. The normalized spacial score (nSPS) is 16.3. The van der Waals surface area contributed by atoms with E-state index in [0.29, 0.717) is 18.7 Å². The molecule has 0 aromatic heterocycles. The predicted octanol–water partition coefficient (Wildman–Crippen LogP) is 4.18. The van der Waals surface area contributed by atoms with Crippen LogP contribution in [0.2, 0.25) is 0 Å². The van der Waals surface area contributed by atoms with Crippen molar-refractivity contribution in [2.75, 3.05) is 5.43 Å². The SMILES string of the molecule is O=C1CCCC/C1=N/Nc1ccc(OCc2ccccc2)cc1. The number of ether oxygens (including phenoxy) is 1. The van der Waals surface area contributed by atoms with Gasteiger partial charge in [0.2, 0.25) is 0 Å². The van der Waals surface area contributed by atoms with Gasteiger partial charge < -0.3 is 4.74 Å². The van der Waals surface area contributed by atoms with Gasteiger partial charge in [0.1, 0.15) is 18.1 Å². The Labute approximate surface area is 136 Å². The third kappa shape index (κ3) is 4.42. The predicted molar refractivity (Wildman–Crippen MR) is 91.7 cm³/mol. The Balaban J connectivity index is 1.54. The largest absolute Gasteiger partial charge is 0.489 e. The highest BCUT2D eigenvalue weighted by molar-refractivity contribution is 6.40. The zero-order valence-electron chi connectivity index (χ0n) is 13.0. The summed E-state index contributed by atoms with van der Waals surface area (Å²) in [7, 11) is 0. The van der Waals surface area contributed by atoms with E-state index < -0.39 is 0 Å². The molecule has 1 fully saturated rings. The first-order valence-corrected chi connectivity index (χ1v) is 7.94. The van der Waals surface area contributed by atoms with E-state index in [2.05, 4.69) is 10.5 Å². The number of carbonyl (C=O) groups is 1. The number of Topliss-reactive ketones (excluding diaryl/α,β-unsaturated/α-hetero) is 1. The molecule has 2 aromatic carbocycles. The second kappa shape index (κ2) is 7.58. The molecule has 23 heavy (non-hydrogen) atoms. The maximum Gasteiger partial charge on any atom is 0.178 e. The summed E-state index contributed by atoms with van der Waals surface area (Å²) >= 11 is 0. The number of ketones is 1. The lowest BCUT2D eigenvalue weighted by Gasteiger charge is -2.11. The first kappa shape index (κ1) is 15.3. The Hall–Kier alpha value is -2.62. The minimum atomic E-state index is 0.159. The number of anilines is 1. The first-order chi connectivity index (χ1) is 11.3. The molecule has 0 unspecified atom stereocenters. The van der Waals surface area contributed by atoms with Crippen molar-refractivity contribution in [1.29, 1.82) is 0 Å². The minimum Gasteiger partial charge on any atom is -0.489 e. The Morgan fingerprint density at radius 1 is 0.957 bits per heavy atom. The van der Waals surface area contributed by atoms with E-state index >= 15 is 0 Å². The number of hydrazone groups is 1. The van der Waals surface area contributed by atoms with Gasteiger partial charge in [0.15, 0.2) is 5.78 Å². The van der Waals surface area contributed by atoms with Gasteiger partial charge in [-0.1, -0.05) is 30.3 Å². The summed E-state index contributed by atoms with van der Waals surface area (Å²) in [6.45, 7) is 0.546. The second-order valence-corrected chi connectivity index (χ2v) is 5.60. The van der Waals surface area contributed by atoms with Gasteiger partial charge in [0, 0.05) is 6.42 Å². The summed E-state index contributed by atoms with van der Waals surface area (Å²) in [4.78, 5) is 11.7. The van der Waals surface area contributed by atoms with Crippen LogP contribution in [0.5, 0.6) is 5.75 Å². The van der Waals surface area contributed by atoms with E-state index in [0.717, 1.165) is 36.3 Å². The Morgan fingerprint density at radius 2 is 1.70 bits per heavy atom. The van der Waals surface area contributed by atoms with Crippen LogP contribution in [0.3, 0.4) is 0 Å². The second-order valence-electron chi connectivity index (χ2n) is 5.60. The van der Waals surface area contributed by atoms with E-state index in [1.54, 1.807) is 0 Å². The summed E-state index contributed by atoms with van der Waals surface area (Å²) < 4.78 is 5.74. The van der Waals surface area contributed by atoms with E-state index in [1.807, 2.05) is 54.6 Å². The number of hydrogen-bond donors (Lipinski definition) is 1. The number of hydrogen-bond acceptors (Lipinski definition) is 4. The van der Waals surface area contributed by atoms with Gasteiger partial charge in [0.05, 0.1) is 5.69 Å². The highest BCUT2D eigenvalue weighted by Crippen LogP contribution is 2.18. The fourth-order valence-electron chi connectivity index (χ4n) is 2.48. The van der Waals surface area contributed by atoms with E-state index in [9.17, 15) is 4.79 Å². The number of rotatable bonds is 5. The number of carbonyl (C=O) groups excluding carboxylic acids is 1. The summed E-state index contributed by atoms with van der Waals surface area (Å²) in [5.74, 6) is 0.965. The third-order valence-electron chi connectivity index (χ3n) is 3.81. The molecule has 0 radical (unpaired) electrons. The molecular weight excluding hydrogens is 288 g/mol. The average Bonchev–Trinajstić information content (AvgIpc) is 2.61. The van der Waals surface area contributed by atoms with Gasteiger partial charge in [-0.15, -0.1) is 0 Å². The summed E-state index contributed by atoms with van der Waals surface area (Å²) in [6, 6.07) is 17.6. The van der Waals surface area contributed by atoms with Crippen molar-refractivity contribution in [3.05, 3.63) is 60.2 Å². The molecule has 1 N–H and O–H groups in total. The van der Waals surface area contributed by atoms with Gasteiger partial charge in [-0.25, -0.2) is 0 Å². The standard InChI is InChI=1S/C19H20N2O2/c22-19-9-5-4-8-18(19)21-20-16-10-12-17(13-11-16)23-14-15-6-2-1-3-7-15/h1-3,6-7,10-13,20H,4-5,8-9,14H2/b21-18-. The number of nitrogens with one attached hydrogen (secondary N) is 1. The molecule has 1 aliphatic rings. The Bertz CT molecular complexity index is 678. The van der Waals surface area contributed by atoms with Crippen LogP contribution < -0.4 is 10.2 Å². The fourth-order valence-corrected chi connectivity index (χ4v) is 2.48. The van der Waals surface area contributed by atoms with Gasteiger partial charge in [-0.05, 0) is 49.1 Å². The quantitative estimate of drug-likeness (QED) is 0.843. The van der Waals surface area contributed by atoms with Crippen LogP contribution in [0.4, 0.5) is 5.69 Å². The number of benzene rings is 2. The van der Waals surface area contributed by atoms with E-state index in [1.165, 1.54) is 0 Å². The highest BCUT2D eigenvalue weighted by Gasteiger charge is 2.16. The zero-order valence-corrected chi connectivity index (χ0v) is 13.0. The monoisotopic (exact) mass is 308 g/mol. The zero-order chi connectivity index (χ0) is 15.9. The average molecular weight is 308 g/mol. The maximum absolute atomic E-state index is 11.7. The Kier molecular flexibility index (Phi) is 5.04. The molecule has 118 valence electrons. The van der Waals surface area contributed by atoms with Crippen LogP contribution in [0, 0.1) is 0 Å². The molecule has 1 aliphatic carbocycles. The molecule has 3 rings (SSSR count). The topological polar surface area (TPSA) is 50.7 Å². The first-order valence-electron chi connectivity index (χ1n) is 7.94. The lowest BCUT2D eigenvalue weighted by molar-refractivity contribution is -0.113. The van der Waals surface area contributed by atoms with Crippen LogP contribution in [-0.4, -0.2) is 11.5 Å². The lowest BCUT2D eigenvalue weighted by Crippen LogP contribution is -2.19. The van der Waals surface area contributed by atoms with Crippen molar-refractivity contribution in [3.63, 3.8) is 0 Å². The fraction of sp³-hybridized carbons (Fsp3) is 0.263. The smallest absolute Gasteiger partial charge is 0.178 e. The Morgan fingerprint density at radius 3 is 2.43 bits per heavy atom. The molecule has 0 saturated heterocycles. The molecule has 4 heteroatoms. The molecule has 0 spiro atoms. The molecule has 0 atom stereocenters. The highest BCUT2D eigenvalue weighted by atomic mass is 16.5. The summed E-state index contributed by atoms with van der Waals surface area (Å²) in [5, 5.41) is 4.23. The molecule has 0 bridgehead atoms. The van der Waals surface area contributed by atoms with Crippen LogP contribution in [0.1, 0.15) is 31.2 Å². The molecule has 0 amide bonds. The van der Waals surface area contributed by atoms with Crippen molar-refractivity contribution in [2.24, 2.45) is 5.10 Å². The number of nitrogens with zero attached hydrogens (tertiary/aromatic N) is 1. The van der Waals surface area contributed by atoms with E-state index in [-0.39, 0.29) is 5.78 Å². The minimum absolute atomic E-state index is 0.159. The molecular formula is C19H20N2O2. The van der Waals surface area contributed by atoms with Crippen LogP contribution in [0.15, 0.2) is 59.7 Å². The summed E-state index contributed by atoms with van der Waals surface area (Å²) in [5.41, 5.74) is 5.60. The van der Waals surface area contributed by atoms with Crippen molar-refractivity contribution in [2.45, 2.75) is 32.3 Å². The molecule has 0 heterocycles. The van der Waals surface area contributed by atoms with Crippen molar-refractivity contribution in [3.8, 4) is 5.75 Å². The van der Waals surface area contributed by atoms with Crippen molar-refractivity contribution < 1.29 is 9.53 Å². The van der Waals surface area contributed by atoms with Crippen LogP contribution >= 0.6 is 0 Å². The summed E-state index contributed by atoms with van der Waals surface area (Å²) in [6.07, 6.45) is 3.40. The lowest BCUT2D eigenvalue weighted by atomic mass is 9.97. The molecule has 4 nitrogen and oxygen atoms in total. The van der Waals surface area contributed by atoms with Gasteiger partial charge in [-0.2, -0.15) is 5.10 Å². The molecule has 0 aliphatic heterocycles. The van der Waals surface area contributed by atoms with Gasteiger partial charge in [0.25, 0.3) is 0 Å². The van der Waals surface area contributed by atoms with Gasteiger partial charge in [-0.3, -0.25) is 10.2 Å². The van der Waals surface area contributed by atoms with E-state index in [4.69, 9.17) is 4.74 Å². The van der Waals surface area contributed by atoms with Crippen LogP contribution in [-0.2, 0) is 11.4 Å². The van der Waals surface area contributed by atoms with Gasteiger partial charge >= 0.3 is 0 Å². The van der Waals surface area contributed by atoms with Crippen LogP contribution in [0.25, 0.3) is 0 Å². The molecule has 2 aromatic rings. The molecule has 1 saturated carbocycles.